The first kappa shape index (κ1) is 26.3. The Kier molecular flexibility index (Phi) is 11.0. The van der Waals surface area contributed by atoms with Gasteiger partial charge in [0, 0.05) is 46.9 Å². The van der Waals surface area contributed by atoms with E-state index in [2.05, 4.69) is 24.8 Å². The largest absolute Gasteiger partial charge is 0.383 e. The van der Waals surface area contributed by atoms with Crippen molar-refractivity contribution in [2.75, 3.05) is 60.0 Å². The molecule has 2 N–H and O–H groups in total. The number of hydrogen-bond acceptors (Lipinski definition) is 5. The maximum absolute atomic E-state index is 12.4. The number of ether oxygens (including phenoxy) is 1. The van der Waals surface area contributed by atoms with Crippen molar-refractivity contribution in [2.45, 2.75) is 30.7 Å². The third-order valence-electron chi connectivity index (χ3n) is 5.77. The maximum Gasteiger partial charge on any atom is 0.240 e. The van der Waals surface area contributed by atoms with Gasteiger partial charge < -0.3 is 19.9 Å². The molecule has 3 rings (SSSR count). The van der Waals surface area contributed by atoms with Crippen LogP contribution in [0.4, 0.5) is 0 Å². The van der Waals surface area contributed by atoms with Gasteiger partial charge in [-0.3, -0.25) is 4.99 Å². The maximum atomic E-state index is 12.4. The minimum absolute atomic E-state index is 0. The first-order valence-electron chi connectivity index (χ1n) is 10.8. The number of sulfonamides is 1. The second-order valence-electron chi connectivity index (χ2n) is 8.05. The molecule has 2 aliphatic heterocycles. The lowest BCUT2D eigenvalue weighted by molar-refractivity contribution is 0.204. The van der Waals surface area contributed by atoms with Gasteiger partial charge in [-0.25, -0.2) is 13.1 Å². The molecule has 0 bridgehead atoms. The number of methoxy groups -OCH3 is 1. The van der Waals surface area contributed by atoms with Gasteiger partial charge in [0.25, 0.3) is 0 Å². The highest BCUT2D eigenvalue weighted by Crippen LogP contribution is 2.20. The third kappa shape index (κ3) is 7.85. The second kappa shape index (κ2) is 12.9. The molecular weight excluding hydrogens is 529 g/mol. The Morgan fingerprint density at radius 2 is 2.03 bits per heavy atom. The topological polar surface area (TPSA) is 86.3 Å². The zero-order valence-corrected chi connectivity index (χ0v) is 21.7. The van der Waals surface area contributed by atoms with Crippen molar-refractivity contribution in [2.24, 2.45) is 10.9 Å². The summed E-state index contributed by atoms with van der Waals surface area (Å²) in [5.74, 6) is 1.57. The average molecular weight is 566 g/mol. The van der Waals surface area contributed by atoms with E-state index in [0.717, 1.165) is 24.6 Å². The summed E-state index contributed by atoms with van der Waals surface area (Å²) in [7, 11) is -0.190. The minimum atomic E-state index is -3.54. The van der Waals surface area contributed by atoms with Crippen LogP contribution < -0.4 is 10.0 Å². The van der Waals surface area contributed by atoms with Gasteiger partial charge in [0.05, 0.1) is 11.5 Å². The number of halogens is 1. The second-order valence-corrected chi connectivity index (χ2v) is 9.81. The zero-order valence-electron chi connectivity index (χ0n) is 18.5. The molecule has 1 atom stereocenters. The molecule has 0 spiro atoms. The minimum Gasteiger partial charge on any atom is -0.383 e. The van der Waals surface area contributed by atoms with Gasteiger partial charge in [-0.15, -0.1) is 24.0 Å². The Bertz CT molecular complexity index is 815. The Morgan fingerprint density at radius 3 is 2.74 bits per heavy atom. The van der Waals surface area contributed by atoms with Gasteiger partial charge >= 0.3 is 0 Å². The molecule has 0 radical (unpaired) electrons. The van der Waals surface area contributed by atoms with Gasteiger partial charge in [-0.2, -0.15) is 0 Å². The van der Waals surface area contributed by atoms with Gasteiger partial charge in [0.1, 0.15) is 0 Å². The number of likely N-dealkylation sites (tertiary alicyclic amines) is 2. The molecule has 2 saturated heterocycles. The van der Waals surface area contributed by atoms with E-state index in [1.807, 2.05) is 6.07 Å². The fourth-order valence-electron chi connectivity index (χ4n) is 4.20. The highest BCUT2D eigenvalue weighted by molar-refractivity contribution is 14.0. The van der Waals surface area contributed by atoms with Crippen LogP contribution in [0.3, 0.4) is 0 Å². The van der Waals surface area contributed by atoms with E-state index in [1.54, 1.807) is 32.4 Å². The summed E-state index contributed by atoms with van der Waals surface area (Å²) in [5.41, 5.74) is 0.901. The van der Waals surface area contributed by atoms with Crippen molar-refractivity contribution in [1.29, 1.82) is 0 Å². The summed E-state index contributed by atoms with van der Waals surface area (Å²) >= 11 is 0. The number of nitrogens with zero attached hydrogens (tertiary/aromatic N) is 3. The predicted octanol–water partition coefficient (Wildman–Crippen LogP) is 1.72. The lowest BCUT2D eigenvalue weighted by atomic mass is 10.1. The van der Waals surface area contributed by atoms with E-state index in [4.69, 9.17) is 4.74 Å². The fourth-order valence-corrected chi connectivity index (χ4v) is 5.28. The smallest absolute Gasteiger partial charge is 0.240 e. The van der Waals surface area contributed by atoms with E-state index in [9.17, 15) is 8.42 Å². The molecule has 31 heavy (non-hydrogen) atoms. The molecule has 0 aromatic heterocycles. The van der Waals surface area contributed by atoms with Crippen molar-refractivity contribution in [3.8, 4) is 0 Å². The zero-order chi connectivity index (χ0) is 21.4. The van der Waals surface area contributed by atoms with Crippen LogP contribution in [0.1, 0.15) is 24.8 Å². The molecule has 2 fully saturated rings. The van der Waals surface area contributed by atoms with E-state index in [0.29, 0.717) is 19.1 Å². The monoisotopic (exact) mass is 565 g/mol. The third-order valence-corrected chi connectivity index (χ3v) is 7.23. The Hall–Kier alpha value is -0.950. The van der Waals surface area contributed by atoms with Crippen molar-refractivity contribution in [3.05, 3.63) is 29.8 Å². The lowest BCUT2D eigenvalue weighted by Gasteiger charge is -2.23. The molecule has 2 aliphatic rings. The number of rotatable bonds is 9. The molecule has 0 amide bonds. The summed E-state index contributed by atoms with van der Waals surface area (Å²) in [5, 5.41) is 3.40. The molecule has 10 heteroatoms. The van der Waals surface area contributed by atoms with Crippen LogP contribution >= 0.6 is 24.0 Å². The van der Waals surface area contributed by atoms with Crippen LogP contribution in [0.15, 0.2) is 34.2 Å². The van der Waals surface area contributed by atoms with Crippen molar-refractivity contribution in [1.82, 2.24) is 19.8 Å². The first-order chi connectivity index (χ1) is 14.5. The number of hydrogen-bond donors (Lipinski definition) is 2. The van der Waals surface area contributed by atoms with E-state index in [-0.39, 0.29) is 35.4 Å². The van der Waals surface area contributed by atoms with Crippen LogP contribution in [-0.2, 0) is 21.3 Å². The molecule has 1 unspecified atom stereocenters. The highest BCUT2D eigenvalue weighted by Gasteiger charge is 2.27. The normalized spacial score (nSPS) is 20.1. The number of guanidine groups is 1. The summed E-state index contributed by atoms with van der Waals surface area (Å²) in [6.45, 7) is 6.81. The molecular formula is C21H36IN5O3S. The molecule has 2 heterocycles. The van der Waals surface area contributed by atoms with Crippen LogP contribution in [0.5, 0.6) is 0 Å². The summed E-state index contributed by atoms with van der Waals surface area (Å²) in [6, 6.07) is 7.01. The molecule has 176 valence electrons. The van der Waals surface area contributed by atoms with E-state index >= 15 is 0 Å². The standard InChI is InChI=1S/C21H35N5O3S.HI/c1-22-21(26-12-8-19(17-26)16-25-10-3-4-11-25)23-15-18-6-5-7-20(14-18)30(27,28)24-9-13-29-2;/h5-7,14,19,24H,3-4,8-13,15-17H2,1-2H3,(H,22,23);1H. The summed E-state index contributed by atoms with van der Waals surface area (Å²) < 4.78 is 32.3. The Balaban J connectivity index is 0.00000341. The van der Waals surface area contributed by atoms with Gasteiger partial charge in [-0.1, -0.05) is 12.1 Å². The van der Waals surface area contributed by atoms with Crippen molar-refractivity contribution >= 4 is 40.0 Å². The number of nitrogens with one attached hydrogen (secondary N) is 2. The van der Waals surface area contributed by atoms with Gasteiger partial charge in [-0.05, 0) is 56.0 Å². The van der Waals surface area contributed by atoms with Crippen LogP contribution in [0, 0.1) is 5.92 Å². The molecule has 1 aromatic rings. The first-order valence-corrected chi connectivity index (χ1v) is 12.3. The Morgan fingerprint density at radius 1 is 1.26 bits per heavy atom. The summed E-state index contributed by atoms with van der Waals surface area (Å²) in [6.07, 6.45) is 3.85. The van der Waals surface area contributed by atoms with Crippen molar-refractivity contribution in [3.63, 3.8) is 0 Å². The van der Waals surface area contributed by atoms with Crippen LogP contribution in [-0.4, -0.2) is 84.2 Å². The SMILES string of the molecule is CN=C(NCc1cccc(S(=O)(=O)NCCOC)c1)N1CCC(CN2CCCC2)C1.I. The molecule has 8 nitrogen and oxygen atoms in total. The highest BCUT2D eigenvalue weighted by atomic mass is 127. The van der Waals surface area contributed by atoms with Gasteiger partial charge in [0.2, 0.25) is 10.0 Å². The number of benzene rings is 1. The fraction of sp³-hybridized carbons (Fsp3) is 0.667. The average Bonchev–Trinajstić information content (AvgIpc) is 3.42. The summed E-state index contributed by atoms with van der Waals surface area (Å²) in [4.78, 5) is 9.60. The predicted molar refractivity (Wildman–Crippen MR) is 134 cm³/mol. The molecule has 0 saturated carbocycles. The van der Waals surface area contributed by atoms with Crippen LogP contribution in [0.2, 0.25) is 0 Å². The molecule has 1 aromatic carbocycles. The van der Waals surface area contributed by atoms with E-state index < -0.39 is 10.0 Å². The Labute approximate surface area is 203 Å². The van der Waals surface area contributed by atoms with E-state index in [1.165, 1.54) is 38.9 Å². The lowest BCUT2D eigenvalue weighted by Crippen LogP contribution is -2.40. The van der Waals surface area contributed by atoms with Crippen LogP contribution in [0.25, 0.3) is 0 Å². The van der Waals surface area contributed by atoms with Gasteiger partial charge in [0.15, 0.2) is 5.96 Å². The quantitative estimate of drug-likeness (QED) is 0.205. The molecule has 0 aliphatic carbocycles. The number of aliphatic imine (C=N–C) groups is 1. The van der Waals surface area contributed by atoms with Crippen molar-refractivity contribution < 1.29 is 13.2 Å².